The molecule has 1 aromatic carbocycles. The molecule has 3 rings (SSSR count). The predicted octanol–water partition coefficient (Wildman–Crippen LogP) is 1.86. The molecule has 1 aliphatic heterocycles. The van der Waals surface area contributed by atoms with Crippen molar-refractivity contribution in [3.63, 3.8) is 0 Å². The molecule has 2 aromatic rings. The summed E-state index contributed by atoms with van der Waals surface area (Å²) < 4.78 is 25.2. The first-order valence-electron chi connectivity index (χ1n) is 9.74. The van der Waals surface area contributed by atoms with Crippen LogP contribution in [0.3, 0.4) is 0 Å². The molecule has 0 radical (unpaired) electrons. The Morgan fingerprint density at radius 2 is 1.72 bits per heavy atom. The second kappa shape index (κ2) is 8.41. The zero-order chi connectivity index (χ0) is 21.2. The molecule has 1 aliphatic rings. The topological polar surface area (TPSA) is 88.5 Å². The first kappa shape index (κ1) is 21.1. The smallest absolute Gasteiger partial charge is 0.254 e. The zero-order valence-electron chi connectivity index (χ0n) is 17.0. The van der Waals surface area contributed by atoms with Crippen LogP contribution in [0.2, 0.25) is 0 Å². The fourth-order valence-electron chi connectivity index (χ4n) is 3.69. The van der Waals surface area contributed by atoms with Crippen molar-refractivity contribution >= 4 is 21.7 Å². The van der Waals surface area contributed by atoms with Gasteiger partial charge in [0.1, 0.15) is 0 Å². The number of sulfone groups is 1. The van der Waals surface area contributed by atoms with E-state index >= 15 is 0 Å². The number of hydrogen-bond donors (Lipinski definition) is 1. The van der Waals surface area contributed by atoms with Crippen molar-refractivity contribution in [3.05, 3.63) is 53.3 Å². The van der Waals surface area contributed by atoms with Crippen LogP contribution in [0.5, 0.6) is 0 Å². The summed E-state index contributed by atoms with van der Waals surface area (Å²) in [6.45, 7) is 6.15. The maximum atomic E-state index is 12.8. The van der Waals surface area contributed by atoms with Crippen LogP contribution >= 0.6 is 0 Å². The van der Waals surface area contributed by atoms with Crippen molar-refractivity contribution in [2.45, 2.75) is 33.2 Å². The van der Waals surface area contributed by atoms with Gasteiger partial charge in [-0.15, -0.1) is 0 Å². The normalized spacial score (nSPS) is 17.8. The maximum Gasteiger partial charge on any atom is 0.254 e. The Morgan fingerprint density at radius 1 is 1.10 bits per heavy atom. The molecular formula is C21H27N3O4S. The Bertz CT molecular complexity index is 990. The third-order valence-electron chi connectivity index (χ3n) is 5.24. The molecule has 0 aliphatic carbocycles. The van der Waals surface area contributed by atoms with Crippen molar-refractivity contribution in [1.29, 1.82) is 0 Å². The first-order valence-corrected chi connectivity index (χ1v) is 11.6. The molecule has 1 saturated heterocycles. The summed E-state index contributed by atoms with van der Waals surface area (Å²) in [5.41, 5.74) is 3.71. The molecular weight excluding hydrogens is 390 g/mol. The fraction of sp³-hybridized carbons (Fsp3) is 0.429. The highest BCUT2D eigenvalue weighted by molar-refractivity contribution is 7.91. The van der Waals surface area contributed by atoms with Gasteiger partial charge in [-0.3, -0.25) is 9.59 Å². The third kappa shape index (κ3) is 4.87. The van der Waals surface area contributed by atoms with Gasteiger partial charge in [-0.05, 0) is 63.6 Å². The standard InChI is InChI=1S/C21H27N3O4S/c1-4-23(13-20(25)22-18-11-12-29(27,28)14-18)21(26)17-7-9-19(10-8-17)24-15(2)5-6-16(24)3/h5-10,18H,4,11-14H2,1-3H3,(H,22,25). The molecule has 2 amide bonds. The number of nitrogens with one attached hydrogen (secondary N) is 1. The summed E-state index contributed by atoms with van der Waals surface area (Å²) >= 11 is 0. The highest BCUT2D eigenvalue weighted by atomic mass is 32.2. The highest BCUT2D eigenvalue weighted by Crippen LogP contribution is 2.18. The van der Waals surface area contributed by atoms with E-state index in [1.807, 2.05) is 45.0 Å². The zero-order valence-corrected chi connectivity index (χ0v) is 17.8. The number of nitrogens with zero attached hydrogens (tertiary/aromatic N) is 2. The minimum atomic E-state index is -3.06. The van der Waals surface area contributed by atoms with Gasteiger partial charge in [0.2, 0.25) is 5.91 Å². The first-order chi connectivity index (χ1) is 13.7. The lowest BCUT2D eigenvalue weighted by atomic mass is 10.1. The van der Waals surface area contributed by atoms with Gasteiger partial charge in [0.05, 0.1) is 18.1 Å². The van der Waals surface area contributed by atoms with Crippen LogP contribution in [-0.2, 0) is 14.6 Å². The van der Waals surface area contributed by atoms with E-state index in [1.54, 1.807) is 12.1 Å². The van der Waals surface area contributed by atoms with Crippen LogP contribution in [0.15, 0.2) is 36.4 Å². The SMILES string of the molecule is CCN(CC(=O)NC1CCS(=O)(=O)C1)C(=O)c1ccc(-n2c(C)ccc2C)cc1. The van der Waals surface area contributed by atoms with Crippen LogP contribution in [0.1, 0.15) is 35.1 Å². The lowest BCUT2D eigenvalue weighted by Crippen LogP contribution is -2.44. The van der Waals surface area contributed by atoms with Gasteiger partial charge < -0.3 is 14.8 Å². The number of benzene rings is 1. The number of aromatic nitrogens is 1. The molecule has 0 bridgehead atoms. The summed E-state index contributed by atoms with van der Waals surface area (Å²) in [7, 11) is -3.06. The third-order valence-corrected chi connectivity index (χ3v) is 7.01. The second-order valence-corrected chi connectivity index (χ2v) is 9.71. The number of rotatable bonds is 6. The Labute approximate surface area is 171 Å². The molecule has 29 heavy (non-hydrogen) atoms. The Kier molecular flexibility index (Phi) is 6.12. The van der Waals surface area contributed by atoms with E-state index in [2.05, 4.69) is 9.88 Å². The largest absolute Gasteiger partial charge is 0.351 e. The second-order valence-electron chi connectivity index (χ2n) is 7.49. The average molecular weight is 418 g/mol. The molecule has 0 saturated carbocycles. The van der Waals surface area contributed by atoms with Crippen LogP contribution in [0, 0.1) is 13.8 Å². The summed E-state index contributed by atoms with van der Waals surface area (Å²) in [6, 6.07) is 11.0. The number of carbonyl (C=O) groups excluding carboxylic acids is 2. The number of likely N-dealkylation sites (N-methyl/N-ethyl adjacent to an activating group) is 1. The van der Waals surface area contributed by atoms with E-state index < -0.39 is 9.84 Å². The van der Waals surface area contributed by atoms with Gasteiger partial charge in [-0.25, -0.2) is 8.42 Å². The van der Waals surface area contributed by atoms with Crippen LogP contribution < -0.4 is 5.32 Å². The van der Waals surface area contributed by atoms with Gasteiger partial charge >= 0.3 is 0 Å². The minimum absolute atomic E-state index is 0.0293. The number of amides is 2. The monoisotopic (exact) mass is 417 g/mol. The van der Waals surface area contributed by atoms with Crippen molar-refractivity contribution in [2.75, 3.05) is 24.6 Å². The molecule has 1 fully saturated rings. The summed E-state index contributed by atoms with van der Waals surface area (Å²) in [5, 5.41) is 2.73. The number of aryl methyl sites for hydroxylation is 2. The van der Waals surface area contributed by atoms with Crippen molar-refractivity contribution < 1.29 is 18.0 Å². The van der Waals surface area contributed by atoms with Gasteiger partial charge in [0.15, 0.2) is 9.84 Å². The van der Waals surface area contributed by atoms with E-state index in [0.29, 0.717) is 18.5 Å². The summed E-state index contributed by atoms with van der Waals surface area (Å²) in [6.07, 6.45) is 0.424. The van der Waals surface area contributed by atoms with E-state index in [4.69, 9.17) is 0 Å². The fourth-order valence-corrected chi connectivity index (χ4v) is 5.37. The van der Waals surface area contributed by atoms with E-state index in [0.717, 1.165) is 17.1 Å². The highest BCUT2D eigenvalue weighted by Gasteiger charge is 2.29. The van der Waals surface area contributed by atoms with Crippen LogP contribution in [0.25, 0.3) is 5.69 Å². The lowest BCUT2D eigenvalue weighted by molar-refractivity contribution is -0.122. The predicted molar refractivity (Wildman–Crippen MR) is 112 cm³/mol. The molecule has 0 spiro atoms. The van der Waals surface area contributed by atoms with Crippen molar-refractivity contribution in [2.24, 2.45) is 0 Å². The minimum Gasteiger partial charge on any atom is -0.351 e. The van der Waals surface area contributed by atoms with Crippen LogP contribution in [-0.4, -0.2) is 60.3 Å². The molecule has 1 N–H and O–H groups in total. The van der Waals surface area contributed by atoms with Crippen LogP contribution in [0.4, 0.5) is 0 Å². The van der Waals surface area contributed by atoms with E-state index in [1.165, 1.54) is 4.90 Å². The Balaban J connectivity index is 1.65. The van der Waals surface area contributed by atoms with Crippen molar-refractivity contribution in [3.8, 4) is 5.69 Å². The number of carbonyl (C=O) groups is 2. The molecule has 2 heterocycles. The van der Waals surface area contributed by atoms with Gasteiger partial charge in [0, 0.05) is 35.2 Å². The van der Waals surface area contributed by atoms with E-state index in [-0.39, 0.29) is 35.9 Å². The van der Waals surface area contributed by atoms with E-state index in [9.17, 15) is 18.0 Å². The number of hydrogen-bond acceptors (Lipinski definition) is 4. The molecule has 1 atom stereocenters. The van der Waals surface area contributed by atoms with Crippen molar-refractivity contribution in [1.82, 2.24) is 14.8 Å². The summed E-state index contributed by atoms with van der Waals surface area (Å²) in [4.78, 5) is 26.6. The molecule has 156 valence electrons. The summed E-state index contributed by atoms with van der Waals surface area (Å²) in [5.74, 6) is -0.494. The van der Waals surface area contributed by atoms with Gasteiger partial charge in [-0.2, -0.15) is 0 Å². The Morgan fingerprint density at radius 3 is 2.24 bits per heavy atom. The molecule has 7 nitrogen and oxygen atoms in total. The molecule has 8 heteroatoms. The van der Waals surface area contributed by atoms with Gasteiger partial charge in [-0.1, -0.05) is 0 Å². The molecule has 1 unspecified atom stereocenters. The molecule has 1 aromatic heterocycles. The average Bonchev–Trinajstić information content (AvgIpc) is 3.19. The maximum absolute atomic E-state index is 12.8. The quantitative estimate of drug-likeness (QED) is 0.777. The Hall–Kier alpha value is -2.61. The lowest BCUT2D eigenvalue weighted by Gasteiger charge is -2.22. The van der Waals surface area contributed by atoms with Gasteiger partial charge in [0.25, 0.3) is 5.91 Å².